The number of carbonyl (C=O) groups excluding carboxylic acids is 2. The molecule has 0 spiro atoms. The van der Waals surface area contributed by atoms with Gasteiger partial charge in [0, 0.05) is 17.3 Å². The molecule has 0 saturated carbocycles. The van der Waals surface area contributed by atoms with Crippen LogP contribution in [0, 0.1) is 18.6 Å². The molecule has 9 heteroatoms. The lowest BCUT2D eigenvalue weighted by molar-refractivity contribution is 0.0895. The van der Waals surface area contributed by atoms with Crippen molar-refractivity contribution in [2.75, 3.05) is 4.90 Å². The Labute approximate surface area is 181 Å². The summed E-state index contributed by atoms with van der Waals surface area (Å²) in [4.78, 5) is 44.2. The van der Waals surface area contributed by atoms with Crippen LogP contribution in [0.1, 0.15) is 26.5 Å². The molecule has 0 bridgehead atoms. The van der Waals surface area contributed by atoms with E-state index in [2.05, 4.69) is 19.9 Å². The van der Waals surface area contributed by atoms with Gasteiger partial charge in [0.2, 0.25) is 5.95 Å². The van der Waals surface area contributed by atoms with Gasteiger partial charge in [0.15, 0.2) is 5.82 Å². The summed E-state index contributed by atoms with van der Waals surface area (Å²) in [6, 6.07) is 14.5. The number of nitrogens with zero attached hydrogens (tertiary/aromatic N) is 5. The number of carbonyl (C=O) groups is 2. The highest BCUT2D eigenvalue weighted by Crippen LogP contribution is 2.21. The summed E-state index contributed by atoms with van der Waals surface area (Å²) < 4.78 is 26.7. The molecule has 0 unspecified atom stereocenters. The monoisotopic (exact) mass is 431 g/mol. The number of aryl methyl sites for hydroxylation is 1. The largest absolute Gasteiger partial charge is 0.268 e. The molecule has 2 heterocycles. The van der Waals surface area contributed by atoms with Crippen LogP contribution in [0.15, 0.2) is 72.9 Å². The average Bonchev–Trinajstić information content (AvgIpc) is 2.80. The molecule has 0 atom stereocenters. The van der Waals surface area contributed by atoms with E-state index in [0.717, 1.165) is 29.2 Å². The van der Waals surface area contributed by atoms with Crippen molar-refractivity contribution >= 4 is 17.8 Å². The zero-order valence-electron chi connectivity index (χ0n) is 16.7. The first-order valence-corrected chi connectivity index (χ1v) is 9.46. The van der Waals surface area contributed by atoms with Crippen molar-refractivity contribution in [2.24, 2.45) is 0 Å². The van der Waals surface area contributed by atoms with E-state index in [0.29, 0.717) is 5.69 Å². The Morgan fingerprint density at radius 2 is 1.31 bits per heavy atom. The van der Waals surface area contributed by atoms with E-state index in [4.69, 9.17) is 0 Å². The second-order valence-electron chi connectivity index (χ2n) is 6.68. The fourth-order valence-corrected chi connectivity index (χ4v) is 2.89. The van der Waals surface area contributed by atoms with Crippen molar-refractivity contribution in [3.63, 3.8) is 0 Å². The van der Waals surface area contributed by atoms with Crippen LogP contribution in [0.5, 0.6) is 0 Å². The Morgan fingerprint density at radius 1 is 0.750 bits per heavy atom. The molecular weight excluding hydrogens is 416 g/mol. The van der Waals surface area contributed by atoms with Gasteiger partial charge in [-0.05, 0) is 67.6 Å². The molecule has 0 fully saturated rings. The number of pyridine rings is 1. The van der Waals surface area contributed by atoms with Crippen molar-refractivity contribution in [3.05, 3.63) is 102 Å². The zero-order chi connectivity index (χ0) is 22.7. The predicted molar refractivity (Wildman–Crippen MR) is 112 cm³/mol. The van der Waals surface area contributed by atoms with Crippen molar-refractivity contribution in [1.82, 2.24) is 19.9 Å². The van der Waals surface area contributed by atoms with Gasteiger partial charge in [-0.15, -0.1) is 0 Å². The minimum absolute atomic E-state index is 0.0410. The first-order chi connectivity index (χ1) is 15.4. The number of amides is 2. The molecule has 158 valence electrons. The van der Waals surface area contributed by atoms with E-state index in [-0.39, 0.29) is 28.7 Å². The number of imide groups is 1. The second kappa shape index (κ2) is 8.76. The first-order valence-electron chi connectivity index (χ1n) is 9.46. The molecule has 0 aliphatic carbocycles. The molecule has 0 saturated heterocycles. The van der Waals surface area contributed by atoms with Gasteiger partial charge in [0.25, 0.3) is 11.8 Å². The zero-order valence-corrected chi connectivity index (χ0v) is 16.7. The lowest BCUT2D eigenvalue weighted by atomic mass is 10.1. The molecule has 2 aromatic heterocycles. The van der Waals surface area contributed by atoms with Gasteiger partial charge in [-0.1, -0.05) is 6.07 Å². The normalized spacial score (nSPS) is 10.6. The molecule has 0 radical (unpaired) electrons. The summed E-state index contributed by atoms with van der Waals surface area (Å²) in [5.41, 5.74) is 0.501. The molecule has 4 rings (SSSR count). The fraction of sp³-hybridized carbons (Fsp3) is 0.0435. The quantitative estimate of drug-likeness (QED) is 0.454. The molecular formula is C23H15F2N5O2. The minimum Gasteiger partial charge on any atom is -0.268 e. The van der Waals surface area contributed by atoms with Gasteiger partial charge >= 0.3 is 0 Å². The first kappa shape index (κ1) is 20.9. The summed E-state index contributed by atoms with van der Waals surface area (Å²) >= 11 is 0. The van der Waals surface area contributed by atoms with Crippen molar-refractivity contribution in [1.29, 1.82) is 0 Å². The van der Waals surface area contributed by atoms with Crippen LogP contribution in [-0.4, -0.2) is 31.8 Å². The Kier molecular flexibility index (Phi) is 5.71. The predicted octanol–water partition coefficient (Wildman–Crippen LogP) is 4.01. The van der Waals surface area contributed by atoms with Crippen LogP contribution in [0.4, 0.5) is 14.7 Å². The van der Waals surface area contributed by atoms with E-state index in [9.17, 15) is 18.4 Å². The van der Waals surface area contributed by atoms with E-state index in [1.807, 2.05) is 0 Å². The number of benzene rings is 2. The highest BCUT2D eigenvalue weighted by Gasteiger charge is 2.29. The Bertz CT molecular complexity index is 1220. The highest BCUT2D eigenvalue weighted by molar-refractivity contribution is 6.24. The van der Waals surface area contributed by atoms with Crippen LogP contribution < -0.4 is 4.90 Å². The summed E-state index contributed by atoms with van der Waals surface area (Å²) in [5.74, 6) is -2.45. The SMILES string of the molecule is Cc1nc(-c2ccccn2)nc(N(C(=O)c2ccc(F)cc2)C(=O)c2ccc(F)cc2)n1. The number of rotatable bonds is 4. The van der Waals surface area contributed by atoms with E-state index < -0.39 is 23.4 Å². The molecule has 0 aliphatic heterocycles. The molecule has 0 aliphatic rings. The second-order valence-corrected chi connectivity index (χ2v) is 6.68. The van der Waals surface area contributed by atoms with E-state index >= 15 is 0 Å². The van der Waals surface area contributed by atoms with Crippen molar-refractivity contribution < 1.29 is 18.4 Å². The fourth-order valence-electron chi connectivity index (χ4n) is 2.89. The summed E-state index contributed by atoms with van der Waals surface area (Å²) in [6.45, 7) is 1.58. The smallest absolute Gasteiger partial charge is 0.267 e. The molecule has 2 aromatic carbocycles. The Hall–Kier alpha value is -4.40. The van der Waals surface area contributed by atoms with Crippen molar-refractivity contribution in [2.45, 2.75) is 6.92 Å². The van der Waals surface area contributed by atoms with Gasteiger partial charge in [-0.2, -0.15) is 9.97 Å². The van der Waals surface area contributed by atoms with E-state index in [1.54, 1.807) is 31.3 Å². The maximum atomic E-state index is 13.4. The van der Waals surface area contributed by atoms with E-state index in [1.165, 1.54) is 24.3 Å². The molecule has 2 amide bonds. The van der Waals surface area contributed by atoms with Gasteiger partial charge in [-0.3, -0.25) is 14.6 Å². The lowest BCUT2D eigenvalue weighted by Crippen LogP contribution is -2.38. The number of anilines is 1. The van der Waals surface area contributed by atoms with Crippen molar-refractivity contribution in [3.8, 4) is 11.5 Å². The molecule has 7 nitrogen and oxygen atoms in total. The van der Waals surface area contributed by atoms with Crippen LogP contribution in [-0.2, 0) is 0 Å². The number of hydrogen-bond donors (Lipinski definition) is 0. The third-order valence-corrected chi connectivity index (χ3v) is 4.42. The maximum absolute atomic E-state index is 13.4. The van der Waals surface area contributed by atoms with Gasteiger partial charge < -0.3 is 0 Å². The van der Waals surface area contributed by atoms with Gasteiger partial charge in [0.05, 0.1) is 0 Å². The van der Waals surface area contributed by atoms with Gasteiger partial charge in [-0.25, -0.2) is 18.7 Å². The number of aromatic nitrogens is 4. The number of hydrogen-bond acceptors (Lipinski definition) is 6. The number of halogens is 2. The molecule has 0 N–H and O–H groups in total. The van der Waals surface area contributed by atoms with Crippen LogP contribution in [0.3, 0.4) is 0 Å². The Morgan fingerprint density at radius 3 is 1.81 bits per heavy atom. The van der Waals surface area contributed by atoms with Gasteiger partial charge in [0.1, 0.15) is 23.2 Å². The van der Waals surface area contributed by atoms with Crippen LogP contribution in [0.2, 0.25) is 0 Å². The summed E-state index contributed by atoms with van der Waals surface area (Å²) in [5, 5.41) is 0. The average molecular weight is 431 g/mol. The molecule has 4 aromatic rings. The minimum atomic E-state index is -0.781. The maximum Gasteiger partial charge on any atom is 0.267 e. The summed E-state index contributed by atoms with van der Waals surface area (Å²) in [7, 11) is 0. The molecule has 32 heavy (non-hydrogen) atoms. The van der Waals surface area contributed by atoms with Crippen LogP contribution in [0.25, 0.3) is 11.5 Å². The van der Waals surface area contributed by atoms with Crippen LogP contribution >= 0.6 is 0 Å². The lowest BCUT2D eigenvalue weighted by Gasteiger charge is -2.20. The summed E-state index contributed by atoms with van der Waals surface area (Å²) in [6.07, 6.45) is 1.55. The third kappa shape index (κ3) is 4.36. The third-order valence-electron chi connectivity index (χ3n) is 4.42. The Balaban J connectivity index is 1.84. The topological polar surface area (TPSA) is 88.9 Å². The standard InChI is InChI=1S/C23H15F2N5O2/c1-14-27-20(19-4-2-3-13-26-19)29-23(28-14)30(21(31)15-5-9-17(24)10-6-15)22(32)16-7-11-18(25)12-8-16/h2-13H,1H3. The highest BCUT2D eigenvalue weighted by atomic mass is 19.1.